The van der Waals surface area contributed by atoms with Crippen LogP contribution in [-0.2, 0) is 20.8 Å². The molecule has 1 fully saturated rings. The van der Waals surface area contributed by atoms with Gasteiger partial charge in [-0.3, -0.25) is 0 Å². The number of nitrogens with one attached hydrogen (secondary N) is 3. The summed E-state index contributed by atoms with van der Waals surface area (Å²) in [7, 11) is 0. The van der Waals surface area contributed by atoms with Gasteiger partial charge in [-0.2, -0.15) is 0 Å². The third kappa shape index (κ3) is 10.6. The normalized spacial score (nSPS) is 18.4. The standard InChI is InChI=1S/C22H33N3O6/c1-22(2,3)31-19(26)23-12-13-29-20(27)24-17-10-7-11-18(14-17)25-21(28)30-15-16-8-5-4-6-9-16/h4-6,8-9,17-18H,7,10-15H2,1-3H3,(H,23,26)(H,24,27)(H,25,28). The maximum Gasteiger partial charge on any atom is 0.407 e. The molecule has 1 aliphatic carbocycles. The van der Waals surface area contributed by atoms with E-state index in [9.17, 15) is 14.4 Å². The molecule has 3 N–H and O–H groups in total. The van der Waals surface area contributed by atoms with Crippen LogP contribution in [0.2, 0.25) is 0 Å². The minimum absolute atomic E-state index is 0.0330. The highest BCUT2D eigenvalue weighted by molar-refractivity contribution is 5.69. The van der Waals surface area contributed by atoms with E-state index in [1.807, 2.05) is 30.3 Å². The minimum Gasteiger partial charge on any atom is -0.448 e. The van der Waals surface area contributed by atoms with Gasteiger partial charge in [0.1, 0.15) is 18.8 Å². The van der Waals surface area contributed by atoms with Crippen molar-refractivity contribution in [3.63, 3.8) is 0 Å². The SMILES string of the molecule is CC(C)(C)OC(=O)NCCOC(=O)NC1CCCC(NC(=O)OCc2ccccc2)C1. The van der Waals surface area contributed by atoms with Gasteiger partial charge in [0, 0.05) is 12.1 Å². The maximum atomic E-state index is 12.0. The van der Waals surface area contributed by atoms with Crippen LogP contribution in [0.25, 0.3) is 0 Å². The Balaban J connectivity index is 1.61. The zero-order valence-corrected chi connectivity index (χ0v) is 18.4. The predicted octanol–water partition coefficient (Wildman–Crippen LogP) is 3.47. The summed E-state index contributed by atoms with van der Waals surface area (Å²) in [5.74, 6) is 0. The Morgan fingerprint density at radius 2 is 1.55 bits per heavy atom. The van der Waals surface area contributed by atoms with Crippen molar-refractivity contribution in [1.29, 1.82) is 0 Å². The first-order valence-corrected chi connectivity index (χ1v) is 10.6. The average Bonchev–Trinajstić information content (AvgIpc) is 2.69. The summed E-state index contributed by atoms with van der Waals surface area (Å²) in [4.78, 5) is 35.6. The molecule has 1 aliphatic rings. The molecule has 9 heteroatoms. The van der Waals surface area contributed by atoms with Gasteiger partial charge in [0.25, 0.3) is 0 Å². The molecule has 31 heavy (non-hydrogen) atoms. The van der Waals surface area contributed by atoms with Crippen molar-refractivity contribution >= 4 is 18.3 Å². The Labute approximate surface area is 183 Å². The lowest BCUT2D eigenvalue weighted by atomic mass is 9.91. The van der Waals surface area contributed by atoms with Crippen molar-refractivity contribution in [2.24, 2.45) is 0 Å². The summed E-state index contributed by atoms with van der Waals surface area (Å²) in [6, 6.07) is 9.30. The molecule has 1 aromatic carbocycles. The van der Waals surface area contributed by atoms with E-state index in [4.69, 9.17) is 14.2 Å². The first-order chi connectivity index (χ1) is 14.7. The zero-order chi connectivity index (χ0) is 22.7. The molecule has 9 nitrogen and oxygen atoms in total. The Bertz CT molecular complexity index is 720. The van der Waals surface area contributed by atoms with E-state index in [-0.39, 0.29) is 31.8 Å². The summed E-state index contributed by atoms with van der Waals surface area (Å²) in [5, 5.41) is 8.19. The first kappa shape index (κ1) is 24.3. The molecule has 2 rings (SSSR count). The van der Waals surface area contributed by atoms with Crippen LogP contribution in [0.3, 0.4) is 0 Å². The van der Waals surface area contributed by atoms with Gasteiger partial charge in [0.15, 0.2) is 0 Å². The number of benzene rings is 1. The van der Waals surface area contributed by atoms with E-state index in [1.165, 1.54) is 0 Å². The van der Waals surface area contributed by atoms with Crippen molar-refractivity contribution < 1.29 is 28.6 Å². The molecule has 0 spiro atoms. The fourth-order valence-corrected chi connectivity index (χ4v) is 3.20. The monoisotopic (exact) mass is 435 g/mol. The van der Waals surface area contributed by atoms with E-state index >= 15 is 0 Å². The number of hydrogen-bond acceptors (Lipinski definition) is 6. The lowest BCUT2D eigenvalue weighted by Crippen LogP contribution is -2.46. The van der Waals surface area contributed by atoms with E-state index in [1.54, 1.807) is 20.8 Å². The van der Waals surface area contributed by atoms with Crippen LogP contribution < -0.4 is 16.0 Å². The molecule has 172 valence electrons. The fraction of sp³-hybridized carbons (Fsp3) is 0.591. The van der Waals surface area contributed by atoms with Crippen LogP contribution in [0.5, 0.6) is 0 Å². The van der Waals surface area contributed by atoms with Crippen LogP contribution in [0, 0.1) is 0 Å². The molecule has 0 heterocycles. The van der Waals surface area contributed by atoms with Crippen molar-refractivity contribution in [3.8, 4) is 0 Å². The molecule has 1 aromatic rings. The number of carbonyl (C=O) groups is 3. The van der Waals surface area contributed by atoms with Crippen LogP contribution in [0.15, 0.2) is 30.3 Å². The number of amides is 3. The van der Waals surface area contributed by atoms with Crippen LogP contribution >= 0.6 is 0 Å². The number of alkyl carbamates (subject to hydrolysis) is 3. The minimum atomic E-state index is -0.582. The lowest BCUT2D eigenvalue weighted by molar-refractivity contribution is 0.0510. The molecule has 0 saturated heterocycles. The Morgan fingerprint density at radius 3 is 2.16 bits per heavy atom. The molecule has 0 aromatic heterocycles. The highest BCUT2D eigenvalue weighted by Gasteiger charge is 2.25. The largest absolute Gasteiger partial charge is 0.448 e. The summed E-state index contributed by atoms with van der Waals surface area (Å²) in [5.41, 5.74) is 0.340. The second-order valence-corrected chi connectivity index (χ2v) is 8.48. The van der Waals surface area contributed by atoms with Crippen molar-refractivity contribution in [2.75, 3.05) is 13.2 Å². The maximum absolute atomic E-state index is 12.0. The number of hydrogen-bond donors (Lipinski definition) is 3. The summed E-state index contributed by atoms with van der Waals surface area (Å²) >= 11 is 0. The molecular weight excluding hydrogens is 402 g/mol. The second-order valence-electron chi connectivity index (χ2n) is 8.48. The van der Waals surface area contributed by atoms with E-state index in [0.29, 0.717) is 6.42 Å². The van der Waals surface area contributed by atoms with Gasteiger partial charge < -0.3 is 30.2 Å². The van der Waals surface area contributed by atoms with Gasteiger partial charge in [-0.1, -0.05) is 30.3 Å². The summed E-state index contributed by atoms with van der Waals surface area (Å²) in [6.07, 6.45) is 1.53. The van der Waals surface area contributed by atoms with Gasteiger partial charge in [0.2, 0.25) is 0 Å². The number of carbonyl (C=O) groups excluding carboxylic acids is 3. The van der Waals surface area contributed by atoms with E-state index < -0.39 is 23.9 Å². The summed E-state index contributed by atoms with van der Waals surface area (Å²) in [6.45, 7) is 5.71. The second kappa shape index (κ2) is 12.0. The topological polar surface area (TPSA) is 115 Å². The Morgan fingerprint density at radius 1 is 0.935 bits per heavy atom. The highest BCUT2D eigenvalue weighted by Crippen LogP contribution is 2.19. The number of rotatable bonds is 7. The highest BCUT2D eigenvalue weighted by atomic mass is 16.6. The fourth-order valence-electron chi connectivity index (χ4n) is 3.20. The third-order valence-electron chi connectivity index (χ3n) is 4.53. The van der Waals surface area contributed by atoms with Crippen LogP contribution in [-0.4, -0.2) is 49.1 Å². The first-order valence-electron chi connectivity index (χ1n) is 10.6. The van der Waals surface area contributed by atoms with Gasteiger partial charge in [-0.25, -0.2) is 14.4 Å². The molecule has 2 atom stereocenters. The van der Waals surface area contributed by atoms with Crippen molar-refractivity contribution in [3.05, 3.63) is 35.9 Å². The van der Waals surface area contributed by atoms with Gasteiger partial charge in [-0.05, 0) is 52.0 Å². The Kier molecular flexibility index (Phi) is 9.42. The molecule has 0 aliphatic heterocycles. The van der Waals surface area contributed by atoms with Gasteiger partial charge >= 0.3 is 18.3 Å². The van der Waals surface area contributed by atoms with E-state index in [2.05, 4.69) is 16.0 Å². The van der Waals surface area contributed by atoms with Crippen molar-refractivity contribution in [1.82, 2.24) is 16.0 Å². The van der Waals surface area contributed by atoms with Crippen LogP contribution in [0.4, 0.5) is 14.4 Å². The predicted molar refractivity (Wildman–Crippen MR) is 115 cm³/mol. The zero-order valence-electron chi connectivity index (χ0n) is 18.4. The Hall–Kier alpha value is -2.97. The van der Waals surface area contributed by atoms with Crippen LogP contribution in [0.1, 0.15) is 52.0 Å². The molecule has 3 amide bonds. The number of ether oxygens (including phenoxy) is 3. The third-order valence-corrected chi connectivity index (χ3v) is 4.53. The molecular formula is C22H33N3O6. The average molecular weight is 436 g/mol. The molecule has 0 bridgehead atoms. The van der Waals surface area contributed by atoms with Gasteiger partial charge in [0.05, 0.1) is 6.54 Å². The molecule has 1 saturated carbocycles. The van der Waals surface area contributed by atoms with Gasteiger partial charge in [-0.15, -0.1) is 0 Å². The van der Waals surface area contributed by atoms with Crippen molar-refractivity contribution in [2.45, 2.75) is 70.7 Å². The smallest absolute Gasteiger partial charge is 0.407 e. The lowest BCUT2D eigenvalue weighted by Gasteiger charge is -2.29. The molecule has 0 radical (unpaired) electrons. The molecule has 2 unspecified atom stereocenters. The van der Waals surface area contributed by atoms with E-state index in [0.717, 1.165) is 24.8 Å². The summed E-state index contributed by atoms with van der Waals surface area (Å²) < 4.78 is 15.5. The quantitative estimate of drug-likeness (QED) is 0.446.